The monoisotopic (exact) mass is 287 g/mol. The van der Waals surface area contributed by atoms with Crippen LogP contribution in [0.4, 0.5) is 5.69 Å². The van der Waals surface area contributed by atoms with Crippen LogP contribution in [0.5, 0.6) is 0 Å². The van der Waals surface area contributed by atoms with E-state index in [1.165, 1.54) is 10.4 Å². The summed E-state index contributed by atoms with van der Waals surface area (Å²) in [5, 5.41) is 7.52. The second-order valence-electron chi connectivity index (χ2n) is 5.57. The van der Waals surface area contributed by atoms with Crippen LogP contribution >= 0.6 is 0 Å². The number of nitrogens with zero attached hydrogens (tertiary/aromatic N) is 4. The normalized spacial score (nSPS) is 17.0. The highest BCUT2D eigenvalue weighted by Gasteiger charge is 2.20. The van der Waals surface area contributed by atoms with Gasteiger partial charge in [-0.1, -0.05) is 17.0 Å². The first-order valence-electron chi connectivity index (χ1n) is 7.36. The van der Waals surface area contributed by atoms with E-state index in [4.69, 9.17) is 10.6 Å². The molecule has 6 nitrogen and oxygen atoms in total. The van der Waals surface area contributed by atoms with Crippen molar-refractivity contribution in [3.63, 3.8) is 0 Å². The quantitative estimate of drug-likeness (QED) is 0.837. The summed E-state index contributed by atoms with van der Waals surface area (Å²) in [7, 11) is 0. The molecular weight excluding hydrogens is 266 g/mol. The molecule has 0 saturated carbocycles. The minimum atomic E-state index is 0.589. The highest BCUT2D eigenvalue weighted by Crippen LogP contribution is 2.19. The van der Waals surface area contributed by atoms with E-state index in [0.29, 0.717) is 12.5 Å². The van der Waals surface area contributed by atoms with Gasteiger partial charge in [-0.25, -0.2) is 0 Å². The standard InChI is InChI=1S/C15H21N5O/c16-15-3-1-2-14(10-15)11-19-7-4-13(5-8-19)12-21-20-9-6-17-18-20/h1-3,6,9-10,13H,4-5,7-8,11-12,16H2. The van der Waals surface area contributed by atoms with E-state index in [9.17, 15) is 0 Å². The van der Waals surface area contributed by atoms with Crippen molar-refractivity contribution in [1.29, 1.82) is 0 Å². The lowest BCUT2D eigenvalue weighted by molar-refractivity contribution is 0.0319. The van der Waals surface area contributed by atoms with Crippen LogP contribution in [-0.2, 0) is 6.54 Å². The van der Waals surface area contributed by atoms with Gasteiger partial charge in [-0.2, -0.15) is 0 Å². The predicted octanol–water partition coefficient (Wildman–Crippen LogP) is 1.20. The summed E-state index contributed by atoms with van der Waals surface area (Å²) in [6, 6.07) is 8.14. The molecule has 0 unspecified atom stereocenters. The van der Waals surface area contributed by atoms with E-state index in [1.54, 1.807) is 12.4 Å². The van der Waals surface area contributed by atoms with Crippen LogP contribution < -0.4 is 10.6 Å². The zero-order valence-corrected chi connectivity index (χ0v) is 12.1. The first-order chi connectivity index (χ1) is 10.3. The fourth-order valence-corrected chi connectivity index (χ4v) is 2.71. The number of likely N-dealkylation sites (tertiary alicyclic amines) is 1. The Morgan fingerprint density at radius 1 is 1.29 bits per heavy atom. The second-order valence-corrected chi connectivity index (χ2v) is 5.57. The van der Waals surface area contributed by atoms with E-state index >= 15 is 0 Å². The molecule has 1 aromatic carbocycles. The third-order valence-corrected chi connectivity index (χ3v) is 3.91. The third-order valence-electron chi connectivity index (χ3n) is 3.91. The molecule has 0 atom stereocenters. The molecule has 112 valence electrons. The first kappa shape index (κ1) is 13.9. The van der Waals surface area contributed by atoms with Gasteiger partial charge >= 0.3 is 0 Å². The van der Waals surface area contributed by atoms with Gasteiger partial charge in [0.2, 0.25) is 0 Å². The minimum absolute atomic E-state index is 0.589. The van der Waals surface area contributed by atoms with Crippen LogP contribution in [0.25, 0.3) is 0 Å². The van der Waals surface area contributed by atoms with Crippen molar-refractivity contribution >= 4 is 5.69 Å². The van der Waals surface area contributed by atoms with E-state index in [2.05, 4.69) is 27.3 Å². The van der Waals surface area contributed by atoms with Crippen molar-refractivity contribution in [3.05, 3.63) is 42.2 Å². The largest absolute Gasteiger partial charge is 0.399 e. The molecular formula is C15H21N5O. The molecule has 1 aliphatic rings. The van der Waals surface area contributed by atoms with E-state index in [0.717, 1.165) is 38.2 Å². The highest BCUT2D eigenvalue weighted by atomic mass is 16.7. The van der Waals surface area contributed by atoms with Crippen molar-refractivity contribution in [2.24, 2.45) is 5.92 Å². The molecule has 2 aromatic rings. The number of hydrogen-bond acceptors (Lipinski definition) is 5. The molecule has 2 N–H and O–H groups in total. The van der Waals surface area contributed by atoms with Crippen LogP contribution in [0, 0.1) is 5.92 Å². The number of rotatable bonds is 5. The highest BCUT2D eigenvalue weighted by molar-refractivity contribution is 5.40. The molecule has 0 aliphatic carbocycles. The Labute approximate surface area is 124 Å². The van der Waals surface area contributed by atoms with Crippen LogP contribution in [0.3, 0.4) is 0 Å². The molecule has 0 radical (unpaired) electrons. The van der Waals surface area contributed by atoms with Gasteiger partial charge in [-0.05, 0) is 54.8 Å². The van der Waals surface area contributed by atoms with Crippen LogP contribution in [-0.4, -0.2) is 39.8 Å². The molecule has 6 heteroatoms. The molecule has 21 heavy (non-hydrogen) atoms. The van der Waals surface area contributed by atoms with E-state index in [-0.39, 0.29) is 0 Å². The Bertz CT molecular complexity index is 549. The molecule has 1 fully saturated rings. The second kappa shape index (κ2) is 6.58. The zero-order chi connectivity index (χ0) is 14.5. The summed E-state index contributed by atoms with van der Waals surface area (Å²) >= 11 is 0. The molecule has 1 aliphatic heterocycles. The smallest absolute Gasteiger partial charge is 0.120 e. The summed E-state index contributed by atoms with van der Waals surface area (Å²) < 4.78 is 0. The number of hydrogen-bond donors (Lipinski definition) is 1. The van der Waals surface area contributed by atoms with Crippen LogP contribution in [0.2, 0.25) is 0 Å². The molecule has 1 saturated heterocycles. The maximum absolute atomic E-state index is 5.82. The molecule has 0 bridgehead atoms. The van der Waals surface area contributed by atoms with E-state index < -0.39 is 0 Å². The van der Waals surface area contributed by atoms with Gasteiger partial charge < -0.3 is 10.6 Å². The third kappa shape index (κ3) is 3.95. The van der Waals surface area contributed by atoms with Gasteiger partial charge in [0.25, 0.3) is 0 Å². The zero-order valence-electron chi connectivity index (χ0n) is 12.1. The lowest BCUT2D eigenvalue weighted by Gasteiger charge is -2.31. The maximum atomic E-state index is 5.82. The van der Waals surface area contributed by atoms with Crippen LogP contribution in [0.1, 0.15) is 18.4 Å². The summed E-state index contributed by atoms with van der Waals surface area (Å²) in [6.45, 7) is 3.87. The number of nitrogens with two attached hydrogens (primary N) is 1. The Morgan fingerprint density at radius 2 is 2.14 bits per heavy atom. The van der Waals surface area contributed by atoms with Crippen molar-refractivity contribution in [2.45, 2.75) is 19.4 Å². The number of benzene rings is 1. The van der Waals surface area contributed by atoms with Gasteiger partial charge in [-0.3, -0.25) is 4.90 Å². The maximum Gasteiger partial charge on any atom is 0.120 e. The summed E-state index contributed by atoms with van der Waals surface area (Å²) in [5.74, 6) is 0.589. The Kier molecular flexibility index (Phi) is 4.35. The summed E-state index contributed by atoms with van der Waals surface area (Å²) in [4.78, 5) is 9.47. The molecule has 2 heterocycles. The number of piperidine rings is 1. The van der Waals surface area contributed by atoms with Gasteiger partial charge in [0.15, 0.2) is 0 Å². The molecule has 1 aromatic heterocycles. The van der Waals surface area contributed by atoms with Crippen molar-refractivity contribution in [2.75, 3.05) is 25.4 Å². The number of nitrogen functional groups attached to an aromatic ring is 1. The predicted molar refractivity (Wildman–Crippen MR) is 80.3 cm³/mol. The summed E-state index contributed by atoms with van der Waals surface area (Å²) in [6.07, 6.45) is 5.64. The summed E-state index contributed by atoms with van der Waals surface area (Å²) in [5.41, 5.74) is 7.94. The lowest BCUT2D eigenvalue weighted by atomic mass is 9.97. The minimum Gasteiger partial charge on any atom is -0.399 e. The van der Waals surface area contributed by atoms with Crippen molar-refractivity contribution in [1.82, 2.24) is 20.1 Å². The number of anilines is 1. The van der Waals surface area contributed by atoms with Crippen molar-refractivity contribution < 1.29 is 4.84 Å². The Balaban J connectivity index is 1.42. The molecule has 0 amide bonds. The Morgan fingerprint density at radius 3 is 2.86 bits per heavy atom. The van der Waals surface area contributed by atoms with Gasteiger partial charge in [0.05, 0.1) is 12.4 Å². The van der Waals surface area contributed by atoms with Crippen LogP contribution in [0.15, 0.2) is 36.7 Å². The Hall–Kier alpha value is -2.08. The van der Waals surface area contributed by atoms with E-state index in [1.807, 2.05) is 12.1 Å². The van der Waals surface area contributed by atoms with Gasteiger partial charge in [-0.15, -0.1) is 5.10 Å². The van der Waals surface area contributed by atoms with Gasteiger partial charge in [0.1, 0.15) is 6.61 Å². The average molecular weight is 287 g/mol. The van der Waals surface area contributed by atoms with Gasteiger partial charge in [0, 0.05) is 12.2 Å². The molecule has 0 spiro atoms. The van der Waals surface area contributed by atoms with Crippen molar-refractivity contribution in [3.8, 4) is 0 Å². The fourth-order valence-electron chi connectivity index (χ4n) is 2.71. The number of aromatic nitrogens is 3. The molecule has 3 rings (SSSR count). The first-order valence-corrected chi connectivity index (χ1v) is 7.36. The fraction of sp³-hybridized carbons (Fsp3) is 0.467. The topological polar surface area (TPSA) is 69.2 Å². The SMILES string of the molecule is Nc1cccc(CN2CCC(COn3ccnn3)CC2)c1. The lowest BCUT2D eigenvalue weighted by Crippen LogP contribution is -2.36. The average Bonchev–Trinajstić information content (AvgIpc) is 3.00.